The summed E-state index contributed by atoms with van der Waals surface area (Å²) in [6, 6.07) is 12.7. The van der Waals surface area contributed by atoms with Gasteiger partial charge in [0.1, 0.15) is 0 Å². The minimum Gasteiger partial charge on any atom is -0.380 e. The molecule has 0 aliphatic carbocycles. The quantitative estimate of drug-likeness (QED) is 0.773. The molecule has 2 heterocycles. The Bertz CT molecular complexity index is 924. The van der Waals surface area contributed by atoms with Crippen molar-refractivity contribution >= 4 is 15.5 Å². The Labute approximate surface area is 141 Å². The molecule has 0 saturated heterocycles. The number of aromatic nitrogens is 2. The molecule has 0 bridgehead atoms. The number of benzene rings is 1. The zero-order chi connectivity index (χ0) is 17.0. The molecule has 3 aromatic rings. The lowest BCUT2D eigenvalue weighted by Gasteiger charge is -2.08. The van der Waals surface area contributed by atoms with Crippen molar-refractivity contribution in [1.29, 1.82) is 0 Å². The van der Waals surface area contributed by atoms with Crippen molar-refractivity contribution in [2.45, 2.75) is 11.4 Å². The normalized spacial score (nSPS) is 11.2. The highest BCUT2D eigenvalue weighted by Gasteiger charge is 2.07. The zero-order valence-electron chi connectivity index (χ0n) is 13.2. The largest absolute Gasteiger partial charge is 0.380 e. The van der Waals surface area contributed by atoms with E-state index in [1.54, 1.807) is 42.9 Å². The van der Waals surface area contributed by atoms with Crippen molar-refractivity contribution in [3.63, 3.8) is 0 Å². The molecule has 1 N–H and O–H groups in total. The summed E-state index contributed by atoms with van der Waals surface area (Å²) in [5, 5.41) is 3.31. The Hall–Kier alpha value is -2.73. The molecule has 5 nitrogen and oxygen atoms in total. The zero-order valence-corrected chi connectivity index (χ0v) is 14.0. The standard InChI is InChI=1S/C18H17N3O2S/c1-24(22,23)18-6-4-15(5-7-18)16-9-17(13-20-12-16)21-11-14-3-2-8-19-10-14/h2-10,12-13,21H,11H2,1H3. The van der Waals surface area contributed by atoms with Crippen LogP contribution in [0.5, 0.6) is 0 Å². The minimum absolute atomic E-state index is 0.310. The topological polar surface area (TPSA) is 72.0 Å². The highest BCUT2D eigenvalue weighted by Crippen LogP contribution is 2.23. The average Bonchev–Trinajstić information content (AvgIpc) is 2.60. The van der Waals surface area contributed by atoms with Gasteiger partial charge in [-0.05, 0) is 35.4 Å². The van der Waals surface area contributed by atoms with Crippen molar-refractivity contribution < 1.29 is 8.42 Å². The molecule has 0 saturated carbocycles. The van der Waals surface area contributed by atoms with Crippen molar-refractivity contribution in [1.82, 2.24) is 9.97 Å². The number of nitrogens with zero attached hydrogens (tertiary/aromatic N) is 2. The van der Waals surface area contributed by atoms with Gasteiger partial charge in [0.2, 0.25) is 0 Å². The highest BCUT2D eigenvalue weighted by atomic mass is 32.2. The predicted octanol–water partition coefficient (Wildman–Crippen LogP) is 3.16. The first-order chi connectivity index (χ1) is 11.5. The SMILES string of the molecule is CS(=O)(=O)c1ccc(-c2cncc(NCc3cccnc3)c2)cc1. The number of hydrogen-bond donors (Lipinski definition) is 1. The molecular weight excluding hydrogens is 322 g/mol. The van der Waals surface area contributed by atoms with Gasteiger partial charge in [-0.3, -0.25) is 9.97 Å². The van der Waals surface area contributed by atoms with E-state index in [4.69, 9.17) is 0 Å². The van der Waals surface area contributed by atoms with Crippen LogP contribution in [0.1, 0.15) is 5.56 Å². The van der Waals surface area contributed by atoms with Crippen LogP contribution < -0.4 is 5.32 Å². The van der Waals surface area contributed by atoms with Gasteiger partial charge in [0.05, 0.1) is 10.6 Å². The van der Waals surface area contributed by atoms with Gasteiger partial charge >= 0.3 is 0 Å². The molecule has 0 unspecified atom stereocenters. The first kappa shape index (κ1) is 16.1. The summed E-state index contributed by atoms with van der Waals surface area (Å²) >= 11 is 0. The van der Waals surface area contributed by atoms with Gasteiger partial charge in [-0.25, -0.2) is 8.42 Å². The first-order valence-electron chi connectivity index (χ1n) is 7.41. The van der Waals surface area contributed by atoms with Crippen LogP contribution in [-0.2, 0) is 16.4 Å². The number of nitrogens with one attached hydrogen (secondary N) is 1. The van der Waals surface area contributed by atoms with Crippen molar-refractivity contribution in [2.75, 3.05) is 11.6 Å². The minimum atomic E-state index is -3.18. The van der Waals surface area contributed by atoms with E-state index in [2.05, 4.69) is 15.3 Å². The average molecular weight is 339 g/mol. The van der Waals surface area contributed by atoms with Crippen LogP contribution in [0.3, 0.4) is 0 Å². The van der Waals surface area contributed by atoms with Gasteiger partial charge in [-0.2, -0.15) is 0 Å². The molecule has 122 valence electrons. The number of hydrogen-bond acceptors (Lipinski definition) is 5. The van der Waals surface area contributed by atoms with Crippen molar-refractivity contribution in [3.8, 4) is 11.1 Å². The van der Waals surface area contributed by atoms with E-state index in [0.29, 0.717) is 11.4 Å². The van der Waals surface area contributed by atoms with Crippen molar-refractivity contribution in [2.24, 2.45) is 0 Å². The molecule has 0 amide bonds. The second kappa shape index (κ2) is 6.80. The van der Waals surface area contributed by atoms with E-state index >= 15 is 0 Å². The molecule has 1 aromatic carbocycles. The van der Waals surface area contributed by atoms with Gasteiger partial charge in [-0.1, -0.05) is 18.2 Å². The third-order valence-electron chi connectivity index (χ3n) is 3.57. The summed E-state index contributed by atoms with van der Waals surface area (Å²) in [4.78, 5) is 8.64. The van der Waals surface area contributed by atoms with Gasteiger partial charge in [-0.15, -0.1) is 0 Å². The molecular formula is C18H17N3O2S. The molecule has 0 spiro atoms. The second-order valence-corrected chi connectivity index (χ2v) is 7.49. The predicted molar refractivity (Wildman–Crippen MR) is 94.3 cm³/mol. The smallest absolute Gasteiger partial charge is 0.175 e. The molecule has 0 fully saturated rings. The van der Waals surface area contributed by atoms with Crippen LogP contribution in [0.25, 0.3) is 11.1 Å². The Balaban J connectivity index is 1.77. The highest BCUT2D eigenvalue weighted by molar-refractivity contribution is 7.90. The van der Waals surface area contributed by atoms with E-state index < -0.39 is 9.84 Å². The fraction of sp³-hybridized carbons (Fsp3) is 0.111. The summed E-state index contributed by atoms with van der Waals surface area (Å²) in [5.74, 6) is 0. The Morgan fingerprint density at radius 3 is 2.42 bits per heavy atom. The Kier molecular flexibility index (Phi) is 4.57. The maximum Gasteiger partial charge on any atom is 0.175 e. The molecule has 0 aliphatic rings. The molecule has 0 radical (unpaired) electrons. The van der Waals surface area contributed by atoms with Crippen LogP contribution >= 0.6 is 0 Å². The number of pyridine rings is 2. The fourth-order valence-electron chi connectivity index (χ4n) is 2.30. The van der Waals surface area contributed by atoms with Crippen LogP contribution in [0.2, 0.25) is 0 Å². The summed E-state index contributed by atoms with van der Waals surface area (Å²) < 4.78 is 23.1. The molecule has 24 heavy (non-hydrogen) atoms. The van der Waals surface area contributed by atoms with E-state index in [1.807, 2.05) is 24.4 Å². The van der Waals surface area contributed by atoms with E-state index in [9.17, 15) is 8.42 Å². The molecule has 2 aromatic heterocycles. The monoisotopic (exact) mass is 339 g/mol. The maximum absolute atomic E-state index is 11.5. The van der Waals surface area contributed by atoms with E-state index in [-0.39, 0.29) is 0 Å². The van der Waals surface area contributed by atoms with Gasteiger partial charge in [0.15, 0.2) is 9.84 Å². The van der Waals surface area contributed by atoms with Crippen LogP contribution in [0.4, 0.5) is 5.69 Å². The number of anilines is 1. The van der Waals surface area contributed by atoms with Crippen LogP contribution in [0, 0.1) is 0 Å². The molecule has 3 rings (SSSR count). The second-order valence-electron chi connectivity index (χ2n) is 5.47. The van der Waals surface area contributed by atoms with Crippen molar-refractivity contribution in [3.05, 3.63) is 72.8 Å². The Morgan fingerprint density at radius 1 is 0.958 bits per heavy atom. The Morgan fingerprint density at radius 2 is 1.75 bits per heavy atom. The maximum atomic E-state index is 11.5. The molecule has 0 aliphatic heterocycles. The third-order valence-corrected chi connectivity index (χ3v) is 4.70. The third kappa shape index (κ3) is 3.97. The van der Waals surface area contributed by atoms with Crippen LogP contribution in [-0.4, -0.2) is 24.6 Å². The molecule has 0 atom stereocenters. The number of rotatable bonds is 5. The lowest BCUT2D eigenvalue weighted by atomic mass is 10.1. The summed E-state index contributed by atoms with van der Waals surface area (Å²) in [7, 11) is -3.18. The van der Waals surface area contributed by atoms with E-state index in [1.165, 1.54) is 6.26 Å². The van der Waals surface area contributed by atoms with Crippen LogP contribution in [0.15, 0.2) is 72.1 Å². The lowest BCUT2D eigenvalue weighted by molar-refractivity contribution is 0.602. The van der Waals surface area contributed by atoms with E-state index in [0.717, 1.165) is 22.4 Å². The fourth-order valence-corrected chi connectivity index (χ4v) is 2.93. The first-order valence-corrected chi connectivity index (χ1v) is 9.30. The molecule has 6 heteroatoms. The summed E-state index contributed by atoms with van der Waals surface area (Å²) in [5.41, 5.74) is 3.81. The lowest BCUT2D eigenvalue weighted by Crippen LogP contribution is -2.00. The summed E-state index contributed by atoms with van der Waals surface area (Å²) in [6.07, 6.45) is 8.27. The number of sulfone groups is 1. The van der Waals surface area contributed by atoms with Gasteiger partial charge in [0, 0.05) is 43.2 Å². The summed E-state index contributed by atoms with van der Waals surface area (Å²) in [6.45, 7) is 0.659. The van der Waals surface area contributed by atoms with Gasteiger partial charge < -0.3 is 5.32 Å². The van der Waals surface area contributed by atoms with Gasteiger partial charge in [0.25, 0.3) is 0 Å².